The molecule has 0 saturated heterocycles. The van der Waals surface area contributed by atoms with Gasteiger partial charge in [0.05, 0.1) is 34.0 Å². The maximum Gasteiger partial charge on any atom is 0.338 e. The molecule has 1 aliphatic heterocycles. The topological polar surface area (TPSA) is 76.7 Å². The number of urea groups is 1. The Morgan fingerprint density at radius 2 is 1.73 bits per heavy atom. The lowest BCUT2D eigenvalue weighted by atomic mass is 9.92. The predicted octanol–water partition coefficient (Wildman–Crippen LogP) is 4.95. The van der Waals surface area contributed by atoms with Gasteiger partial charge in [0, 0.05) is 0 Å². The summed E-state index contributed by atoms with van der Waals surface area (Å²) >= 11 is 3.53. The maximum atomic E-state index is 13.1. The number of rotatable bonds is 6. The molecule has 0 fully saturated rings. The molecule has 7 heteroatoms. The quantitative estimate of drug-likeness (QED) is 0.582. The molecule has 158 valence electrons. The molecule has 0 bridgehead atoms. The van der Waals surface area contributed by atoms with E-state index < -0.39 is 18.0 Å². The molecule has 2 amide bonds. The Morgan fingerprint density at radius 3 is 2.33 bits per heavy atom. The number of benzene rings is 2. The zero-order chi connectivity index (χ0) is 21.8. The number of carbonyl (C=O) groups is 2. The van der Waals surface area contributed by atoms with Crippen LogP contribution in [-0.4, -0.2) is 24.2 Å². The minimum absolute atomic E-state index is 0.0203. The SMILES string of the molecule is CC(C)OC(=O)C1=C(c2ccccc2)NC(=O)NC1c1ccc(OC(C)C)c(Br)c1. The van der Waals surface area contributed by atoms with E-state index in [9.17, 15) is 9.59 Å². The van der Waals surface area contributed by atoms with E-state index in [1.165, 1.54) is 0 Å². The van der Waals surface area contributed by atoms with Gasteiger partial charge >= 0.3 is 12.0 Å². The molecule has 1 aliphatic rings. The number of hydrogen-bond donors (Lipinski definition) is 2. The molecule has 1 unspecified atom stereocenters. The zero-order valence-electron chi connectivity index (χ0n) is 17.4. The van der Waals surface area contributed by atoms with Crippen molar-refractivity contribution < 1.29 is 19.1 Å². The van der Waals surface area contributed by atoms with E-state index in [2.05, 4.69) is 26.6 Å². The second kappa shape index (κ2) is 9.34. The summed E-state index contributed by atoms with van der Waals surface area (Å²) < 4.78 is 12.0. The number of hydrogen-bond acceptors (Lipinski definition) is 4. The van der Waals surface area contributed by atoms with Crippen LogP contribution in [0.25, 0.3) is 5.70 Å². The molecular weight excluding hydrogens is 448 g/mol. The molecule has 2 aromatic carbocycles. The lowest BCUT2D eigenvalue weighted by Gasteiger charge is -2.30. The van der Waals surface area contributed by atoms with Gasteiger partial charge in [0.2, 0.25) is 0 Å². The molecule has 0 spiro atoms. The van der Waals surface area contributed by atoms with Crippen LogP contribution in [0.2, 0.25) is 0 Å². The molecular formula is C23H25BrN2O4. The number of ether oxygens (including phenoxy) is 2. The van der Waals surface area contributed by atoms with Crippen molar-refractivity contribution in [2.45, 2.75) is 45.9 Å². The fraction of sp³-hybridized carbons (Fsp3) is 0.304. The summed E-state index contributed by atoms with van der Waals surface area (Å²) in [6, 6.07) is 13.7. The van der Waals surface area contributed by atoms with Crippen molar-refractivity contribution in [3.05, 3.63) is 69.7 Å². The molecule has 2 N–H and O–H groups in total. The lowest BCUT2D eigenvalue weighted by Crippen LogP contribution is -2.45. The molecule has 0 aliphatic carbocycles. The number of halogens is 1. The van der Waals surface area contributed by atoms with E-state index >= 15 is 0 Å². The van der Waals surface area contributed by atoms with Gasteiger partial charge < -0.3 is 20.1 Å². The molecule has 0 saturated carbocycles. The van der Waals surface area contributed by atoms with Gasteiger partial charge in [-0.05, 0) is 66.9 Å². The van der Waals surface area contributed by atoms with Gasteiger partial charge in [-0.25, -0.2) is 9.59 Å². The smallest absolute Gasteiger partial charge is 0.338 e. The Labute approximate surface area is 184 Å². The van der Waals surface area contributed by atoms with Crippen LogP contribution in [-0.2, 0) is 9.53 Å². The van der Waals surface area contributed by atoms with Crippen LogP contribution < -0.4 is 15.4 Å². The summed E-state index contributed by atoms with van der Waals surface area (Å²) in [6.07, 6.45) is -0.277. The molecule has 1 heterocycles. The molecule has 1 atom stereocenters. The van der Waals surface area contributed by atoms with Crippen molar-refractivity contribution in [2.75, 3.05) is 0 Å². The van der Waals surface area contributed by atoms with E-state index in [0.717, 1.165) is 15.6 Å². The monoisotopic (exact) mass is 472 g/mol. The first-order valence-electron chi connectivity index (χ1n) is 9.80. The average molecular weight is 473 g/mol. The minimum Gasteiger partial charge on any atom is -0.490 e. The standard InChI is InChI=1S/C23H25BrN2O4/c1-13(2)29-18-11-10-16(12-17(18)24)21-19(22(27)30-14(3)4)20(25-23(28)26-21)15-8-6-5-7-9-15/h5-14,21H,1-4H3,(H2,25,26,28). The van der Waals surface area contributed by atoms with Crippen LogP contribution in [0.1, 0.15) is 44.9 Å². The highest BCUT2D eigenvalue weighted by atomic mass is 79.9. The van der Waals surface area contributed by atoms with Crippen molar-refractivity contribution in [2.24, 2.45) is 0 Å². The summed E-state index contributed by atoms with van der Waals surface area (Å²) in [4.78, 5) is 25.5. The molecule has 30 heavy (non-hydrogen) atoms. The fourth-order valence-corrected chi connectivity index (χ4v) is 3.68. The van der Waals surface area contributed by atoms with Gasteiger partial charge in [-0.15, -0.1) is 0 Å². The zero-order valence-corrected chi connectivity index (χ0v) is 18.9. The second-order valence-corrected chi connectivity index (χ2v) is 8.35. The van der Waals surface area contributed by atoms with E-state index in [0.29, 0.717) is 17.0 Å². The second-order valence-electron chi connectivity index (χ2n) is 7.50. The van der Waals surface area contributed by atoms with Gasteiger partial charge in [-0.2, -0.15) is 0 Å². The highest BCUT2D eigenvalue weighted by molar-refractivity contribution is 9.10. The lowest BCUT2D eigenvalue weighted by molar-refractivity contribution is -0.143. The minimum atomic E-state index is -0.676. The fourth-order valence-electron chi connectivity index (χ4n) is 3.19. The Morgan fingerprint density at radius 1 is 1.03 bits per heavy atom. The molecule has 0 radical (unpaired) electrons. The summed E-state index contributed by atoms with van der Waals surface area (Å²) in [5.74, 6) is 0.201. The Hall–Kier alpha value is -2.80. The van der Waals surface area contributed by atoms with E-state index in [4.69, 9.17) is 9.47 Å². The highest BCUT2D eigenvalue weighted by Crippen LogP contribution is 2.36. The first-order chi connectivity index (χ1) is 14.3. The molecule has 2 aromatic rings. The van der Waals surface area contributed by atoms with Gasteiger partial charge in [0.15, 0.2) is 0 Å². The summed E-state index contributed by atoms with van der Waals surface area (Å²) in [6.45, 7) is 7.48. The van der Waals surface area contributed by atoms with Gasteiger partial charge in [-0.1, -0.05) is 36.4 Å². The van der Waals surface area contributed by atoms with Gasteiger partial charge in [0.25, 0.3) is 0 Å². The number of carbonyl (C=O) groups excluding carboxylic acids is 2. The van der Waals surface area contributed by atoms with E-state index in [1.54, 1.807) is 13.8 Å². The van der Waals surface area contributed by atoms with Crippen LogP contribution in [0.4, 0.5) is 4.79 Å². The maximum absolute atomic E-state index is 13.1. The van der Waals surface area contributed by atoms with Crippen molar-refractivity contribution in [1.29, 1.82) is 0 Å². The van der Waals surface area contributed by atoms with E-state index in [1.807, 2.05) is 62.4 Å². The van der Waals surface area contributed by atoms with Crippen molar-refractivity contribution in [3.8, 4) is 5.75 Å². The summed E-state index contributed by atoms with van der Waals surface area (Å²) in [5.41, 5.74) is 2.25. The average Bonchev–Trinajstić information content (AvgIpc) is 2.68. The molecule has 3 rings (SSSR count). The largest absolute Gasteiger partial charge is 0.490 e. The predicted molar refractivity (Wildman–Crippen MR) is 119 cm³/mol. The van der Waals surface area contributed by atoms with Gasteiger partial charge in [-0.3, -0.25) is 0 Å². The number of amides is 2. The molecule has 6 nitrogen and oxygen atoms in total. The molecule has 0 aromatic heterocycles. The Kier molecular flexibility index (Phi) is 6.82. The number of nitrogens with one attached hydrogen (secondary N) is 2. The van der Waals surface area contributed by atoms with Crippen LogP contribution in [0, 0.1) is 0 Å². The van der Waals surface area contributed by atoms with Crippen LogP contribution in [0.5, 0.6) is 5.75 Å². The van der Waals surface area contributed by atoms with Crippen LogP contribution in [0.15, 0.2) is 58.6 Å². The third-order valence-corrected chi connectivity index (χ3v) is 4.97. The van der Waals surface area contributed by atoms with Crippen molar-refractivity contribution >= 4 is 33.6 Å². The highest BCUT2D eigenvalue weighted by Gasteiger charge is 2.35. The summed E-state index contributed by atoms with van der Waals surface area (Å²) in [7, 11) is 0. The summed E-state index contributed by atoms with van der Waals surface area (Å²) in [5, 5.41) is 5.63. The first kappa shape index (κ1) is 21.9. The Balaban J connectivity index is 2.12. The van der Waals surface area contributed by atoms with Gasteiger partial charge in [0.1, 0.15) is 5.75 Å². The first-order valence-corrected chi connectivity index (χ1v) is 10.6. The van der Waals surface area contributed by atoms with Crippen molar-refractivity contribution in [3.63, 3.8) is 0 Å². The third kappa shape index (κ3) is 5.02. The number of esters is 1. The van der Waals surface area contributed by atoms with Crippen LogP contribution >= 0.6 is 15.9 Å². The Bertz CT molecular complexity index is 970. The van der Waals surface area contributed by atoms with Crippen molar-refractivity contribution in [1.82, 2.24) is 10.6 Å². The van der Waals surface area contributed by atoms with Crippen LogP contribution in [0.3, 0.4) is 0 Å². The van der Waals surface area contributed by atoms with E-state index in [-0.39, 0.29) is 12.2 Å². The normalized spacial score (nSPS) is 16.4. The third-order valence-electron chi connectivity index (χ3n) is 4.35.